The number of amides is 1. The lowest BCUT2D eigenvalue weighted by molar-refractivity contribution is -0.118. The van der Waals surface area contributed by atoms with Crippen molar-refractivity contribution in [1.82, 2.24) is 15.2 Å². The number of carbonyl (C=O) groups excluding carboxylic acids is 1. The fraction of sp³-hybridized carbons (Fsp3) is 0.240. The van der Waals surface area contributed by atoms with Crippen LogP contribution in [0.1, 0.15) is 29.0 Å². The molecule has 2 aromatic carbocycles. The van der Waals surface area contributed by atoms with Crippen molar-refractivity contribution in [3.63, 3.8) is 0 Å². The molecule has 8 nitrogen and oxygen atoms in total. The number of rotatable bonds is 4. The van der Waals surface area contributed by atoms with Crippen molar-refractivity contribution in [2.24, 2.45) is 0 Å². The summed E-state index contributed by atoms with van der Waals surface area (Å²) >= 11 is 0. The highest BCUT2D eigenvalue weighted by atomic mass is 16.5. The first kappa shape index (κ1) is 18.5. The Bertz CT molecular complexity index is 1460. The number of benzene rings is 2. The Morgan fingerprint density at radius 1 is 1.18 bits per heavy atom. The Balaban J connectivity index is 1.22. The summed E-state index contributed by atoms with van der Waals surface area (Å²) in [6.45, 7) is 0.673. The van der Waals surface area contributed by atoms with Crippen molar-refractivity contribution in [3.8, 4) is 11.5 Å². The molecule has 164 valence electrons. The third kappa shape index (κ3) is 2.54. The number of nitrogens with zero attached hydrogens (tertiary/aromatic N) is 2. The summed E-state index contributed by atoms with van der Waals surface area (Å²) in [5.41, 5.74) is 4.56. The lowest BCUT2D eigenvalue weighted by Crippen LogP contribution is -2.21. The number of aromatic nitrogens is 3. The molecular weight excluding hydrogens is 418 g/mol. The van der Waals surface area contributed by atoms with Crippen LogP contribution < -0.4 is 20.1 Å². The maximum atomic E-state index is 13.0. The molecule has 3 aliphatic rings. The highest BCUT2D eigenvalue weighted by molar-refractivity contribution is 6.10. The number of anilines is 3. The molecule has 4 aromatic rings. The molecule has 1 fully saturated rings. The molecule has 7 rings (SSSR count). The van der Waals surface area contributed by atoms with Crippen molar-refractivity contribution in [1.29, 1.82) is 0 Å². The van der Waals surface area contributed by atoms with Gasteiger partial charge in [-0.1, -0.05) is 6.07 Å². The van der Waals surface area contributed by atoms with Crippen LogP contribution in [0.3, 0.4) is 0 Å². The van der Waals surface area contributed by atoms with Crippen molar-refractivity contribution in [2.75, 3.05) is 24.4 Å². The Morgan fingerprint density at radius 3 is 3.03 bits per heavy atom. The Hall–Kier alpha value is -4.07. The molecule has 3 N–H and O–H groups in total. The lowest BCUT2D eigenvalue weighted by Gasteiger charge is -2.10. The number of hydrogen-bond acceptors (Lipinski definition) is 6. The van der Waals surface area contributed by atoms with Gasteiger partial charge < -0.3 is 20.1 Å². The molecule has 4 heterocycles. The van der Waals surface area contributed by atoms with Crippen LogP contribution in [0.2, 0.25) is 0 Å². The van der Waals surface area contributed by atoms with Crippen LogP contribution in [0.15, 0.2) is 48.7 Å². The van der Waals surface area contributed by atoms with E-state index >= 15 is 0 Å². The Morgan fingerprint density at radius 2 is 2.12 bits per heavy atom. The first-order chi connectivity index (χ1) is 16.2. The minimum absolute atomic E-state index is 0.0619. The number of H-pyrrole nitrogens is 1. The second-order valence-electron chi connectivity index (χ2n) is 8.84. The summed E-state index contributed by atoms with van der Waals surface area (Å²) in [5, 5.41) is 14.9. The van der Waals surface area contributed by atoms with Gasteiger partial charge in [0.25, 0.3) is 0 Å². The predicted octanol–water partition coefficient (Wildman–Crippen LogP) is 4.02. The van der Waals surface area contributed by atoms with Crippen LogP contribution in [0.5, 0.6) is 11.5 Å². The number of nitrogens with one attached hydrogen (secondary N) is 3. The van der Waals surface area contributed by atoms with Crippen LogP contribution in [0, 0.1) is 0 Å². The van der Waals surface area contributed by atoms with E-state index in [-0.39, 0.29) is 11.8 Å². The van der Waals surface area contributed by atoms with Gasteiger partial charge in [0.15, 0.2) is 17.4 Å². The van der Waals surface area contributed by atoms with E-state index in [1.54, 1.807) is 13.3 Å². The number of ether oxygens (including phenoxy) is 2. The average molecular weight is 439 g/mol. The maximum absolute atomic E-state index is 13.0. The van der Waals surface area contributed by atoms with E-state index in [0.717, 1.165) is 57.6 Å². The zero-order valence-corrected chi connectivity index (χ0v) is 17.9. The van der Waals surface area contributed by atoms with Gasteiger partial charge in [-0.25, -0.2) is 4.98 Å². The third-order valence-electron chi connectivity index (χ3n) is 7.15. The second-order valence-corrected chi connectivity index (χ2v) is 8.84. The molecule has 1 saturated carbocycles. The maximum Gasteiger partial charge on any atom is 0.235 e. The normalized spacial score (nSPS) is 22.1. The van der Waals surface area contributed by atoms with E-state index < -0.39 is 5.41 Å². The quantitative estimate of drug-likeness (QED) is 0.444. The molecule has 1 spiro atoms. The fourth-order valence-electron chi connectivity index (χ4n) is 5.36. The largest absolute Gasteiger partial charge is 0.497 e. The second kappa shape index (κ2) is 6.48. The number of aromatic amines is 1. The third-order valence-corrected chi connectivity index (χ3v) is 7.15. The summed E-state index contributed by atoms with van der Waals surface area (Å²) in [6, 6.07) is 14.0. The zero-order valence-electron chi connectivity index (χ0n) is 17.9. The van der Waals surface area contributed by atoms with E-state index in [2.05, 4.69) is 37.9 Å². The highest BCUT2D eigenvalue weighted by Gasteiger charge is 2.65. The number of fused-ring (bicyclic) bond motifs is 4. The molecule has 1 aliphatic carbocycles. The molecule has 0 bridgehead atoms. The number of pyridine rings is 1. The van der Waals surface area contributed by atoms with Crippen LogP contribution in [0.4, 0.5) is 17.3 Å². The Labute approximate surface area is 189 Å². The topological polar surface area (TPSA) is 101 Å². The molecular formula is C25H21N5O3. The van der Waals surface area contributed by atoms with Gasteiger partial charge in [0, 0.05) is 35.2 Å². The molecule has 2 aliphatic heterocycles. The minimum atomic E-state index is -0.523. The molecule has 8 heteroatoms. The standard InChI is InChI=1S/C25H21N5O3/c1-32-15-3-5-19-17(11-15)25(24(31)27-19)12-18(25)14-2-4-16-20(10-14)29-30-22(16)28-23-21-13(6-8-26-23)7-9-33-21/h2-6,8,10-11,18H,7,9,12H2,1H3,(H,27,31)(H2,26,28,29,30)/t18-,25-/m0/s1. The summed E-state index contributed by atoms with van der Waals surface area (Å²) in [7, 11) is 1.64. The first-order valence-corrected chi connectivity index (χ1v) is 11.0. The summed E-state index contributed by atoms with van der Waals surface area (Å²) < 4.78 is 11.1. The van der Waals surface area contributed by atoms with Gasteiger partial charge >= 0.3 is 0 Å². The predicted molar refractivity (Wildman–Crippen MR) is 123 cm³/mol. The van der Waals surface area contributed by atoms with E-state index in [1.807, 2.05) is 30.3 Å². The van der Waals surface area contributed by atoms with Gasteiger partial charge in [-0.3, -0.25) is 9.89 Å². The van der Waals surface area contributed by atoms with Crippen LogP contribution in [0.25, 0.3) is 10.9 Å². The molecule has 33 heavy (non-hydrogen) atoms. The molecule has 1 amide bonds. The van der Waals surface area contributed by atoms with E-state index in [1.165, 1.54) is 0 Å². The highest BCUT2D eigenvalue weighted by Crippen LogP contribution is 2.65. The van der Waals surface area contributed by atoms with Gasteiger partial charge in [0.1, 0.15) is 5.75 Å². The lowest BCUT2D eigenvalue weighted by atomic mass is 9.91. The van der Waals surface area contributed by atoms with Crippen molar-refractivity contribution >= 4 is 34.1 Å². The number of hydrogen-bond donors (Lipinski definition) is 3. The summed E-state index contributed by atoms with van der Waals surface area (Å²) in [6.07, 6.45) is 3.46. The smallest absolute Gasteiger partial charge is 0.235 e. The van der Waals surface area contributed by atoms with E-state index in [4.69, 9.17) is 9.47 Å². The van der Waals surface area contributed by atoms with Crippen LogP contribution in [-0.4, -0.2) is 34.8 Å². The van der Waals surface area contributed by atoms with Gasteiger partial charge in [0.05, 0.1) is 24.6 Å². The fourth-order valence-corrected chi connectivity index (χ4v) is 5.36. The average Bonchev–Trinajstić information content (AvgIpc) is 3.08. The molecule has 2 atom stereocenters. The molecule has 0 unspecified atom stereocenters. The first-order valence-electron chi connectivity index (χ1n) is 11.0. The minimum Gasteiger partial charge on any atom is -0.497 e. The SMILES string of the molecule is COc1ccc2c(c1)[C@]1(C[C@H]1c1ccc3c(Nc4nccc5c4OCC5)n[nH]c3c1)C(=O)N2. The number of methoxy groups -OCH3 is 1. The van der Waals surface area contributed by atoms with Gasteiger partial charge in [-0.2, -0.15) is 5.10 Å². The van der Waals surface area contributed by atoms with Crippen molar-refractivity contribution in [3.05, 3.63) is 65.4 Å². The van der Waals surface area contributed by atoms with E-state index in [9.17, 15) is 4.79 Å². The molecule has 0 radical (unpaired) electrons. The molecule has 0 saturated heterocycles. The number of carbonyl (C=O) groups is 1. The summed E-state index contributed by atoms with van der Waals surface area (Å²) in [4.78, 5) is 17.4. The van der Waals surface area contributed by atoms with Crippen molar-refractivity contribution < 1.29 is 14.3 Å². The molecule has 2 aromatic heterocycles. The monoisotopic (exact) mass is 439 g/mol. The van der Waals surface area contributed by atoms with Crippen LogP contribution >= 0.6 is 0 Å². The summed E-state index contributed by atoms with van der Waals surface area (Å²) in [5.74, 6) is 3.12. The van der Waals surface area contributed by atoms with E-state index in [0.29, 0.717) is 18.2 Å². The van der Waals surface area contributed by atoms with Gasteiger partial charge in [-0.05, 0) is 53.9 Å². The zero-order chi connectivity index (χ0) is 22.2. The van der Waals surface area contributed by atoms with Gasteiger partial charge in [0.2, 0.25) is 5.91 Å². The van der Waals surface area contributed by atoms with Gasteiger partial charge in [-0.15, -0.1) is 0 Å². The Kier molecular flexibility index (Phi) is 3.63. The van der Waals surface area contributed by atoms with Crippen molar-refractivity contribution in [2.45, 2.75) is 24.2 Å². The van der Waals surface area contributed by atoms with Crippen LogP contribution in [-0.2, 0) is 16.6 Å².